The van der Waals surface area contributed by atoms with Crippen molar-refractivity contribution in [3.63, 3.8) is 0 Å². The van der Waals surface area contributed by atoms with Gasteiger partial charge < -0.3 is 10.8 Å². The lowest BCUT2D eigenvalue weighted by atomic mass is 9.92. The lowest BCUT2D eigenvalue weighted by molar-refractivity contribution is 0.113. The maximum absolute atomic E-state index is 9.86. The maximum Gasteiger partial charge on any atom is 0.138 e. The van der Waals surface area contributed by atoms with Crippen LogP contribution in [0.5, 0.6) is 5.75 Å². The molecule has 0 amide bonds. The average Bonchev–Trinajstić information content (AvgIpc) is 2.36. The second-order valence-electron chi connectivity index (χ2n) is 5.41. The molecule has 108 valence electrons. The third-order valence-electron chi connectivity index (χ3n) is 3.81. The van der Waals surface area contributed by atoms with E-state index in [2.05, 4.69) is 16.8 Å². The van der Waals surface area contributed by atoms with E-state index in [1.165, 1.54) is 6.42 Å². The van der Waals surface area contributed by atoms with Crippen LogP contribution >= 0.6 is 12.4 Å². The zero-order valence-corrected chi connectivity index (χ0v) is 12.5. The number of halogens is 1. The lowest BCUT2D eigenvalue weighted by Gasteiger charge is -2.37. The third kappa shape index (κ3) is 4.06. The van der Waals surface area contributed by atoms with Gasteiger partial charge in [-0.05, 0) is 44.4 Å². The first-order valence-corrected chi connectivity index (χ1v) is 6.69. The molecule has 0 radical (unpaired) electrons. The summed E-state index contributed by atoms with van der Waals surface area (Å²) in [5.41, 5.74) is 7.56. The minimum atomic E-state index is 0. The normalized spacial score (nSPS) is 23.9. The van der Waals surface area contributed by atoms with Gasteiger partial charge in [0.2, 0.25) is 0 Å². The SMILES string of the molecule is Cc1ccc(O)c(CN2CCC(C)CC2CN)n1.Cl. The summed E-state index contributed by atoms with van der Waals surface area (Å²) >= 11 is 0. The molecule has 19 heavy (non-hydrogen) atoms. The summed E-state index contributed by atoms with van der Waals surface area (Å²) in [4.78, 5) is 6.77. The van der Waals surface area contributed by atoms with Gasteiger partial charge in [0.05, 0.1) is 5.69 Å². The molecule has 2 rings (SSSR count). The van der Waals surface area contributed by atoms with Crippen molar-refractivity contribution >= 4 is 12.4 Å². The van der Waals surface area contributed by atoms with Gasteiger partial charge in [0.15, 0.2) is 0 Å². The fraction of sp³-hybridized carbons (Fsp3) is 0.643. The summed E-state index contributed by atoms with van der Waals surface area (Å²) in [6, 6.07) is 3.97. The zero-order chi connectivity index (χ0) is 13.1. The van der Waals surface area contributed by atoms with Crippen LogP contribution in [0, 0.1) is 12.8 Å². The van der Waals surface area contributed by atoms with Crippen LogP contribution in [0.15, 0.2) is 12.1 Å². The van der Waals surface area contributed by atoms with Gasteiger partial charge in [0.1, 0.15) is 5.75 Å². The summed E-state index contributed by atoms with van der Waals surface area (Å²) in [5, 5.41) is 9.86. The third-order valence-corrected chi connectivity index (χ3v) is 3.81. The summed E-state index contributed by atoms with van der Waals surface area (Å²) in [7, 11) is 0. The van der Waals surface area contributed by atoms with Crippen molar-refractivity contribution in [3.8, 4) is 5.75 Å². The molecule has 1 aromatic heterocycles. The van der Waals surface area contributed by atoms with E-state index < -0.39 is 0 Å². The Bertz CT molecular complexity index is 414. The van der Waals surface area contributed by atoms with Gasteiger partial charge in [0, 0.05) is 24.8 Å². The minimum Gasteiger partial charge on any atom is -0.506 e. The molecule has 0 bridgehead atoms. The molecule has 1 fully saturated rings. The molecule has 1 aromatic rings. The Balaban J connectivity index is 0.00000180. The number of aryl methyl sites for hydroxylation is 1. The van der Waals surface area contributed by atoms with E-state index in [0.29, 0.717) is 19.1 Å². The molecule has 2 atom stereocenters. The van der Waals surface area contributed by atoms with E-state index in [-0.39, 0.29) is 18.2 Å². The number of rotatable bonds is 3. The monoisotopic (exact) mass is 285 g/mol. The van der Waals surface area contributed by atoms with E-state index in [1.54, 1.807) is 6.07 Å². The van der Waals surface area contributed by atoms with Crippen LogP contribution in [0.2, 0.25) is 0 Å². The van der Waals surface area contributed by atoms with Crippen molar-refractivity contribution in [2.24, 2.45) is 11.7 Å². The van der Waals surface area contributed by atoms with Crippen LogP contribution in [-0.4, -0.2) is 34.1 Å². The highest BCUT2D eigenvalue weighted by atomic mass is 35.5. The predicted molar refractivity (Wildman–Crippen MR) is 79.5 cm³/mol. The Morgan fingerprint density at radius 3 is 2.89 bits per heavy atom. The molecule has 4 nitrogen and oxygen atoms in total. The molecule has 2 heterocycles. The predicted octanol–water partition coefficient (Wildman–Crippen LogP) is 2.08. The Morgan fingerprint density at radius 1 is 1.47 bits per heavy atom. The van der Waals surface area contributed by atoms with Gasteiger partial charge in [-0.25, -0.2) is 0 Å². The Morgan fingerprint density at radius 2 is 2.21 bits per heavy atom. The zero-order valence-electron chi connectivity index (χ0n) is 11.7. The topological polar surface area (TPSA) is 62.4 Å². The van der Waals surface area contributed by atoms with E-state index in [4.69, 9.17) is 5.73 Å². The Kier molecular flexibility index (Phi) is 6.04. The molecule has 5 heteroatoms. The number of pyridine rings is 1. The summed E-state index contributed by atoms with van der Waals surface area (Å²) in [5.74, 6) is 1.03. The average molecular weight is 286 g/mol. The highest BCUT2D eigenvalue weighted by Gasteiger charge is 2.26. The Hall–Kier alpha value is -0.840. The highest BCUT2D eigenvalue weighted by molar-refractivity contribution is 5.85. The summed E-state index contributed by atoms with van der Waals surface area (Å²) in [6.07, 6.45) is 2.34. The molecule has 0 aliphatic carbocycles. The van der Waals surface area contributed by atoms with Gasteiger partial charge in [-0.1, -0.05) is 6.92 Å². The van der Waals surface area contributed by atoms with Crippen molar-refractivity contribution in [3.05, 3.63) is 23.5 Å². The molecule has 1 aliphatic rings. The molecule has 1 aliphatic heterocycles. The van der Waals surface area contributed by atoms with E-state index in [0.717, 1.165) is 30.3 Å². The van der Waals surface area contributed by atoms with Crippen LogP contribution in [0.25, 0.3) is 0 Å². The number of aromatic hydroxyl groups is 1. The van der Waals surface area contributed by atoms with Crippen LogP contribution in [0.1, 0.15) is 31.2 Å². The van der Waals surface area contributed by atoms with Gasteiger partial charge in [-0.3, -0.25) is 9.88 Å². The molecule has 2 unspecified atom stereocenters. The van der Waals surface area contributed by atoms with Crippen LogP contribution in [0.3, 0.4) is 0 Å². The first-order valence-electron chi connectivity index (χ1n) is 6.69. The van der Waals surface area contributed by atoms with Crippen molar-refractivity contribution < 1.29 is 5.11 Å². The van der Waals surface area contributed by atoms with Gasteiger partial charge >= 0.3 is 0 Å². The second-order valence-corrected chi connectivity index (χ2v) is 5.41. The smallest absolute Gasteiger partial charge is 0.138 e. The van der Waals surface area contributed by atoms with Crippen molar-refractivity contribution in [2.45, 2.75) is 39.3 Å². The minimum absolute atomic E-state index is 0. The van der Waals surface area contributed by atoms with Gasteiger partial charge in [-0.15, -0.1) is 12.4 Å². The quantitative estimate of drug-likeness (QED) is 0.892. The number of nitrogens with two attached hydrogens (primary N) is 1. The first kappa shape index (κ1) is 16.2. The Labute approximate surface area is 121 Å². The number of piperidine rings is 1. The second kappa shape index (κ2) is 7.08. The van der Waals surface area contributed by atoms with Gasteiger partial charge in [-0.2, -0.15) is 0 Å². The van der Waals surface area contributed by atoms with E-state index >= 15 is 0 Å². The number of likely N-dealkylation sites (tertiary alicyclic amines) is 1. The van der Waals surface area contributed by atoms with Crippen LogP contribution in [-0.2, 0) is 6.54 Å². The lowest BCUT2D eigenvalue weighted by Crippen LogP contribution is -2.45. The van der Waals surface area contributed by atoms with E-state index in [9.17, 15) is 5.11 Å². The number of hydrogen-bond acceptors (Lipinski definition) is 4. The maximum atomic E-state index is 9.86. The van der Waals surface area contributed by atoms with Crippen molar-refractivity contribution in [2.75, 3.05) is 13.1 Å². The van der Waals surface area contributed by atoms with E-state index in [1.807, 2.05) is 13.0 Å². The van der Waals surface area contributed by atoms with Gasteiger partial charge in [0.25, 0.3) is 0 Å². The fourth-order valence-electron chi connectivity index (χ4n) is 2.67. The van der Waals surface area contributed by atoms with Crippen LogP contribution in [0.4, 0.5) is 0 Å². The van der Waals surface area contributed by atoms with Crippen molar-refractivity contribution in [1.29, 1.82) is 0 Å². The molecular formula is C14H24ClN3O. The molecule has 0 aromatic carbocycles. The molecule has 0 saturated carbocycles. The number of hydrogen-bond donors (Lipinski definition) is 2. The molecule has 0 spiro atoms. The molecule has 3 N–H and O–H groups in total. The summed E-state index contributed by atoms with van der Waals surface area (Å²) < 4.78 is 0. The highest BCUT2D eigenvalue weighted by Crippen LogP contribution is 2.25. The largest absolute Gasteiger partial charge is 0.506 e. The number of aromatic nitrogens is 1. The fourth-order valence-corrected chi connectivity index (χ4v) is 2.67. The molecule has 1 saturated heterocycles. The molecular weight excluding hydrogens is 262 g/mol. The van der Waals surface area contributed by atoms with Crippen molar-refractivity contribution in [1.82, 2.24) is 9.88 Å². The van der Waals surface area contributed by atoms with Crippen LogP contribution < -0.4 is 5.73 Å². The standard InChI is InChI=1S/C14H23N3O.ClH/c1-10-5-6-17(12(7-10)8-15)9-13-14(18)4-3-11(2)16-13;/h3-4,10,12,18H,5-9,15H2,1-2H3;1H. The first-order chi connectivity index (χ1) is 8.60. The number of nitrogens with zero attached hydrogens (tertiary/aromatic N) is 2. The summed E-state index contributed by atoms with van der Waals surface area (Å²) in [6.45, 7) is 6.64.